The molecule has 1 fully saturated rings. The predicted molar refractivity (Wildman–Crippen MR) is 70.2 cm³/mol. The largest absolute Gasteiger partial charge is 0.486 e. The highest BCUT2D eigenvalue weighted by Crippen LogP contribution is 2.34. The molecule has 1 N–H and O–H groups in total. The average Bonchev–Trinajstić information content (AvgIpc) is 2.39. The molecule has 1 atom stereocenters. The summed E-state index contributed by atoms with van der Waals surface area (Å²) in [5, 5.41) is 3.46. The molecule has 0 bridgehead atoms. The fraction of sp³-hybridized carbons (Fsp3) is 0.571. The van der Waals surface area contributed by atoms with Gasteiger partial charge in [0.05, 0.1) is 0 Å². The first-order valence-corrected chi connectivity index (χ1v) is 6.66. The third-order valence-corrected chi connectivity index (χ3v) is 3.49. The molecule has 4 heteroatoms. The summed E-state index contributed by atoms with van der Waals surface area (Å²) in [7, 11) is 0. The second-order valence-corrected chi connectivity index (χ2v) is 5.03. The molecule has 0 spiro atoms. The number of fused-ring (bicyclic) bond motifs is 1. The zero-order valence-electron chi connectivity index (χ0n) is 10.8. The topological polar surface area (TPSA) is 33.7 Å². The minimum atomic E-state index is 0.565. The molecule has 1 aromatic rings. The molecule has 2 aliphatic rings. The molecule has 98 valence electrons. The first-order valence-electron chi connectivity index (χ1n) is 6.66. The first-order chi connectivity index (χ1) is 8.83. The number of piperazine rings is 1. The third-order valence-electron chi connectivity index (χ3n) is 3.49. The molecule has 1 unspecified atom stereocenters. The van der Waals surface area contributed by atoms with Gasteiger partial charge in [0.1, 0.15) is 13.2 Å². The number of hydrogen-bond donors (Lipinski definition) is 1. The Bertz CT molecular complexity index is 422. The van der Waals surface area contributed by atoms with Crippen LogP contribution in [0.25, 0.3) is 0 Å². The number of nitrogens with zero attached hydrogens (tertiary/aromatic N) is 1. The van der Waals surface area contributed by atoms with E-state index in [1.807, 2.05) is 6.07 Å². The van der Waals surface area contributed by atoms with Crippen LogP contribution in [0.15, 0.2) is 18.2 Å². The molecule has 0 amide bonds. The maximum Gasteiger partial charge on any atom is 0.165 e. The van der Waals surface area contributed by atoms with Gasteiger partial charge in [0.25, 0.3) is 0 Å². The summed E-state index contributed by atoms with van der Waals surface area (Å²) in [6, 6.07) is 6.74. The Balaban J connectivity index is 1.76. The van der Waals surface area contributed by atoms with Gasteiger partial charge >= 0.3 is 0 Å². The fourth-order valence-electron chi connectivity index (χ4n) is 2.66. The van der Waals surface area contributed by atoms with Crippen LogP contribution in [-0.4, -0.2) is 43.8 Å². The minimum absolute atomic E-state index is 0.565. The molecule has 1 aromatic carbocycles. The van der Waals surface area contributed by atoms with Gasteiger partial charge in [0, 0.05) is 37.8 Å². The molecule has 0 aliphatic carbocycles. The van der Waals surface area contributed by atoms with Crippen molar-refractivity contribution < 1.29 is 9.47 Å². The van der Waals surface area contributed by atoms with E-state index < -0.39 is 0 Å². The summed E-state index contributed by atoms with van der Waals surface area (Å²) in [6.45, 7) is 7.72. The Hall–Kier alpha value is -1.26. The summed E-state index contributed by atoms with van der Waals surface area (Å²) >= 11 is 0. The van der Waals surface area contributed by atoms with E-state index in [1.165, 1.54) is 5.56 Å². The van der Waals surface area contributed by atoms with Crippen LogP contribution in [0, 0.1) is 0 Å². The Kier molecular flexibility index (Phi) is 3.39. The highest BCUT2D eigenvalue weighted by Gasteiger charge is 2.20. The van der Waals surface area contributed by atoms with Gasteiger partial charge in [-0.2, -0.15) is 0 Å². The zero-order valence-corrected chi connectivity index (χ0v) is 10.8. The lowest BCUT2D eigenvalue weighted by Crippen LogP contribution is -2.48. The Labute approximate surface area is 108 Å². The van der Waals surface area contributed by atoms with E-state index in [0.29, 0.717) is 19.3 Å². The van der Waals surface area contributed by atoms with Crippen molar-refractivity contribution in [3.05, 3.63) is 23.8 Å². The molecule has 1 saturated heterocycles. The molecule has 0 aromatic heterocycles. The minimum Gasteiger partial charge on any atom is -0.486 e. The van der Waals surface area contributed by atoms with Crippen molar-refractivity contribution in [2.24, 2.45) is 0 Å². The highest BCUT2D eigenvalue weighted by atomic mass is 16.6. The van der Waals surface area contributed by atoms with Gasteiger partial charge in [-0.15, -0.1) is 0 Å². The fourth-order valence-corrected chi connectivity index (χ4v) is 2.66. The lowest BCUT2D eigenvalue weighted by Gasteiger charge is -2.32. The Morgan fingerprint density at radius 3 is 3.11 bits per heavy atom. The van der Waals surface area contributed by atoms with Crippen LogP contribution >= 0.6 is 0 Å². The second-order valence-electron chi connectivity index (χ2n) is 5.03. The number of nitrogens with one attached hydrogen (secondary N) is 1. The highest BCUT2D eigenvalue weighted by molar-refractivity contribution is 5.47. The first kappa shape index (κ1) is 11.8. The molecule has 2 aliphatic heterocycles. The number of ether oxygens (including phenoxy) is 2. The van der Waals surface area contributed by atoms with E-state index in [9.17, 15) is 0 Å². The smallest absolute Gasteiger partial charge is 0.165 e. The number of hydrogen-bond acceptors (Lipinski definition) is 4. The molecular weight excluding hydrogens is 228 g/mol. The van der Waals surface area contributed by atoms with Crippen LogP contribution < -0.4 is 14.8 Å². The van der Waals surface area contributed by atoms with Crippen LogP contribution in [0.5, 0.6) is 11.5 Å². The summed E-state index contributed by atoms with van der Waals surface area (Å²) in [5.41, 5.74) is 1.24. The molecule has 0 saturated carbocycles. The Morgan fingerprint density at radius 1 is 1.33 bits per heavy atom. The number of para-hydroxylation sites is 1. The Morgan fingerprint density at radius 2 is 2.22 bits per heavy atom. The maximum absolute atomic E-state index is 5.76. The third kappa shape index (κ3) is 2.44. The average molecular weight is 248 g/mol. The molecular formula is C14H20N2O2. The van der Waals surface area contributed by atoms with Crippen molar-refractivity contribution in [3.63, 3.8) is 0 Å². The summed E-state index contributed by atoms with van der Waals surface area (Å²) < 4.78 is 11.4. The standard InChI is InChI=1S/C14H20N2O2/c1-11-9-16(6-5-15-11)10-12-3-2-4-13-14(12)18-8-7-17-13/h2-4,11,15H,5-10H2,1H3. The quantitative estimate of drug-likeness (QED) is 0.854. The van der Waals surface area contributed by atoms with Crippen molar-refractivity contribution in [3.8, 4) is 11.5 Å². The van der Waals surface area contributed by atoms with Crippen molar-refractivity contribution >= 4 is 0 Å². The summed E-state index contributed by atoms with van der Waals surface area (Å²) in [4.78, 5) is 2.47. The van der Waals surface area contributed by atoms with Crippen molar-refractivity contribution in [2.45, 2.75) is 19.5 Å². The van der Waals surface area contributed by atoms with Crippen LogP contribution in [0.1, 0.15) is 12.5 Å². The summed E-state index contributed by atoms with van der Waals surface area (Å²) in [5.74, 6) is 1.83. The van der Waals surface area contributed by atoms with Gasteiger partial charge in [-0.05, 0) is 13.0 Å². The monoisotopic (exact) mass is 248 g/mol. The van der Waals surface area contributed by atoms with E-state index in [4.69, 9.17) is 9.47 Å². The van der Waals surface area contributed by atoms with E-state index >= 15 is 0 Å². The maximum atomic E-state index is 5.76. The van der Waals surface area contributed by atoms with E-state index in [1.54, 1.807) is 0 Å². The zero-order chi connectivity index (χ0) is 12.4. The van der Waals surface area contributed by atoms with Gasteiger partial charge in [-0.1, -0.05) is 12.1 Å². The summed E-state index contributed by atoms with van der Waals surface area (Å²) in [6.07, 6.45) is 0. The lowest BCUT2D eigenvalue weighted by molar-refractivity contribution is 0.162. The molecule has 18 heavy (non-hydrogen) atoms. The van der Waals surface area contributed by atoms with Crippen molar-refractivity contribution in [2.75, 3.05) is 32.8 Å². The predicted octanol–water partition coefficient (Wildman–Crippen LogP) is 1.25. The number of rotatable bonds is 2. The number of benzene rings is 1. The van der Waals surface area contributed by atoms with Gasteiger partial charge < -0.3 is 14.8 Å². The SMILES string of the molecule is CC1CN(Cc2cccc3c2OCCO3)CCN1. The van der Waals surface area contributed by atoms with Gasteiger partial charge in [-0.3, -0.25) is 4.90 Å². The van der Waals surface area contributed by atoms with E-state index in [2.05, 4.69) is 29.3 Å². The normalized spacial score (nSPS) is 23.9. The van der Waals surface area contributed by atoms with Gasteiger partial charge in [-0.25, -0.2) is 0 Å². The van der Waals surface area contributed by atoms with Crippen molar-refractivity contribution in [1.82, 2.24) is 10.2 Å². The lowest BCUT2D eigenvalue weighted by atomic mass is 10.1. The van der Waals surface area contributed by atoms with Crippen molar-refractivity contribution in [1.29, 1.82) is 0 Å². The van der Waals surface area contributed by atoms with Gasteiger partial charge in [0.15, 0.2) is 11.5 Å². The van der Waals surface area contributed by atoms with Crippen LogP contribution in [0.2, 0.25) is 0 Å². The van der Waals surface area contributed by atoms with Gasteiger partial charge in [0.2, 0.25) is 0 Å². The molecule has 2 heterocycles. The molecule has 3 rings (SSSR count). The van der Waals surface area contributed by atoms with E-state index in [-0.39, 0.29) is 0 Å². The molecule has 4 nitrogen and oxygen atoms in total. The van der Waals surface area contributed by atoms with Crippen LogP contribution in [-0.2, 0) is 6.54 Å². The van der Waals surface area contributed by atoms with Crippen LogP contribution in [0.4, 0.5) is 0 Å². The molecule has 0 radical (unpaired) electrons. The second kappa shape index (κ2) is 5.16. The van der Waals surface area contributed by atoms with Crippen LogP contribution in [0.3, 0.4) is 0 Å². The van der Waals surface area contributed by atoms with E-state index in [0.717, 1.165) is 37.7 Å².